The van der Waals surface area contributed by atoms with E-state index >= 15 is 0 Å². The Hall–Kier alpha value is -0.830. The van der Waals surface area contributed by atoms with Crippen molar-refractivity contribution in [3.8, 4) is 0 Å². The summed E-state index contributed by atoms with van der Waals surface area (Å²) in [4.78, 5) is 11.5. The van der Waals surface area contributed by atoms with Crippen LogP contribution in [0.2, 0.25) is 0 Å². The van der Waals surface area contributed by atoms with Gasteiger partial charge in [0.15, 0.2) is 0 Å². The van der Waals surface area contributed by atoms with Crippen LogP contribution in [-0.2, 0) is 4.79 Å². The number of allylic oxidation sites excluding steroid dienone is 1. The standard InChI is InChI=1S/C11H19N.C2H4O2/c1-12-9-5-8-11(10-12)6-3-2-4-7-11;1-2(3)4/h3,6H,2,4-5,7-10H2,1H3;1H3,(H,3,4). The molecule has 1 fully saturated rings. The van der Waals surface area contributed by atoms with Crippen molar-refractivity contribution in [1.29, 1.82) is 0 Å². The maximum Gasteiger partial charge on any atom is 0.300 e. The normalized spacial score (nSPS) is 29.6. The molecule has 1 atom stereocenters. The van der Waals surface area contributed by atoms with Crippen LogP contribution in [0.3, 0.4) is 0 Å². The second-order valence-electron chi connectivity index (χ2n) is 5.02. The van der Waals surface area contributed by atoms with E-state index < -0.39 is 5.97 Å². The highest BCUT2D eigenvalue weighted by molar-refractivity contribution is 5.62. The van der Waals surface area contributed by atoms with Crippen molar-refractivity contribution in [1.82, 2.24) is 4.90 Å². The van der Waals surface area contributed by atoms with Gasteiger partial charge in [0.25, 0.3) is 5.97 Å². The number of hydrogen-bond donors (Lipinski definition) is 1. The minimum atomic E-state index is -0.833. The summed E-state index contributed by atoms with van der Waals surface area (Å²) in [6.45, 7) is 3.68. The molecule has 1 heterocycles. The lowest BCUT2D eigenvalue weighted by molar-refractivity contribution is -0.134. The van der Waals surface area contributed by atoms with Crippen LogP contribution in [0.1, 0.15) is 39.0 Å². The number of carboxylic acid groups (broad SMARTS) is 1. The zero-order valence-corrected chi connectivity index (χ0v) is 10.4. The summed E-state index contributed by atoms with van der Waals surface area (Å²) in [5.74, 6) is -0.833. The first kappa shape index (κ1) is 13.2. The largest absolute Gasteiger partial charge is 0.481 e. The summed E-state index contributed by atoms with van der Waals surface area (Å²) in [6, 6.07) is 0. The van der Waals surface area contributed by atoms with Crippen LogP contribution in [-0.4, -0.2) is 36.1 Å². The van der Waals surface area contributed by atoms with Crippen molar-refractivity contribution in [3.05, 3.63) is 12.2 Å². The summed E-state index contributed by atoms with van der Waals surface area (Å²) >= 11 is 0. The van der Waals surface area contributed by atoms with E-state index in [2.05, 4.69) is 24.1 Å². The van der Waals surface area contributed by atoms with Gasteiger partial charge in [-0.2, -0.15) is 0 Å². The summed E-state index contributed by atoms with van der Waals surface area (Å²) in [6.07, 6.45) is 11.8. The molecular formula is C13H23NO2. The number of carbonyl (C=O) groups is 1. The minimum Gasteiger partial charge on any atom is -0.481 e. The topological polar surface area (TPSA) is 40.5 Å². The van der Waals surface area contributed by atoms with Gasteiger partial charge in [0, 0.05) is 18.9 Å². The number of likely N-dealkylation sites (tertiary alicyclic amines) is 1. The Balaban J connectivity index is 0.000000280. The molecule has 0 bridgehead atoms. The Labute approximate surface area is 98.1 Å². The van der Waals surface area contributed by atoms with Gasteiger partial charge in [0.2, 0.25) is 0 Å². The third-order valence-electron chi connectivity index (χ3n) is 3.32. The molecular weight excluding hydrogens is 202 g/mol. The van der Waals surface area contributed by atoms with Gasteiger partial charge in [-0.3, -0.25) is 4.79 Å². The van der Waals surface area contributed by atoms with E-state index in [4.69, 9.17) is 9.90 Å². The summed E-state index contributed by atoms with van der Waals surface area (Å²) in [5.41, 5.74) is 0.575. The number of nitrogens with zero attached hydrogens (tertiary/aromatic N) is 1. The fraction of sp³-hybridized carbons (Fsp3) is 0.769. The molecule has 0 radical (unpaired) electrons. The predicted molar refractivity (Wildman–Crippen MR) is 65.5 cm³/mol. The van der Waals surface area contributed by atoms with Crippen LogP contribution < -0.4 is 0 Å². The molecule has 1 spiro atoms. The fourth-order valence-corrected chi connectivity index (χ4v) is 2.73. The molecule has 0 aromatic rings. The first-order valence-corrected chi connectivity index (χ1v) is 6.10. The molecule has 1 unspecified atom stereocenters. The number of hydrogen-bond acceptors (Lipinski definition) is 2. The van der Waals surface area contributed by atoms with Crippen molar-refractivity contribution < 1.29 is 9.90 Å². The molecule has 3 heteroatoms. The number of carboxylic acids is 1. The fourth-order valence-electron chi connectivity index (χ4n) is 2.73. The van der Waals surface area contributed by atoms with Crippen LogP contribution in [0, 0.1) is 5.41 Å². The molecule has 92 valence electrons. The van der Waals surface area contributed by atoms with E-state index in [0.717, 1.165) is 6.92 Å². The quantitative estimate of drug-likeness (QED) is 0.644. The van der Waals surface area contributed by atoms with Gasteiger partial charge in [0.05, 0.1) is 0 Å². The molecule has 16 heavy (non-hydrogen) atoms. The van der Waals surface area contributed by atoms with Gasteiger partial charge in [-0.05, 0) is 45.7 Å². The zero-order chi connectivity index (χ0) is 12.0. The molecule has 1 N–H and O–H groups in total. The van der Waals surface area contributed by atoms with Gasteiger partial charge >= 0.3 is 0 Å². The average Bonchev–Trinajstić information content (AvgIpc) is 2.17. The Morgan fingerprint density at radius 1 is 1.38 bits per heavy atom. The molecule has 3 nitrogen and oxygen atoms in total. The van der Waals surface area contributed by atoms with E-state index in [1.54, 1.807) is 0 Å². The van der Waals surface area contributed by atoms with E-state index in [1.807, 2.05) is 0 Å². The highest BCUT2D eigenvalue weighted by atomic mass is 16.4. The maximum atomic E-state index is 9.00. The van der Waals surface area contributed by atoms with Gasteiger partial charge < -0.3 is 10.0 Å². The SMILES string of the molecule is CC(=O)O.CN1CCCC2(C=CCCC2)C1. The Kier molecular flexibility index (Phi) is 5.00. The molecule has 2 rings (SSSR count). The maximum absolute atomic E-state index is 9.00. The first-order valence-electron chi connectivity index (χ1n) is 6.10. The van der Waals surface area contributed by atoms with E-state index in [1.165, 1.54) is 45.2 Å². The molecule has 1 saturated heterocycles. The average molecular weight is 225 g/mol. The van der Waals surface area contributed by atoms with Gasteiger partial charge in [-0.15, -0.1) is 0 Å². The summed E-state index contributed by atoms with van der Waals surface area (Å²) in [7, 11) is 2.25. The van der Waals surface area contributed by atoms with Crippen LogP contribution in [0.15, 0.2) is 12.2 Å². The number of rotatable bonds is 0. The van der Waals surface area contributed by atoms with E-state index in [9.17, 15) is 0 Å². The van der Waals surface area contributed by atoms with Crippen molar-refractivity contribution in [3.63, 3.8) is 0 Å². The molecule has 0 saturated carbocycles. The lowest BCUT2D eigenvalue weighted by Gasteiger charge is -2.41. The predicted octanol–water partition coefficient (Wildman–Crippen LogP) is 2.53. The Morgan fingerprint density at radius 3 is 2.50 bits per heavy atom. The molecule has 0 aromatic heterocycles. The Bertz CT molecular complexity index is 259. The lowest BCUT2D eigenvalue weighted by atomic mass is 9.73. The van der Waals surface area contributed by atoms with Crippen LogP contribution in [0.5, 0.6) is 0 Å². The monoisotopic (exact) mass is 225 g/mol. The minimum absolute atomic E-state index is 0.575. The second-order valence-corrected chi connectivity index (χ2v) is 5.02. The third-order valence-corrected chi connectivity index (χ3v) is 3.32. The highest BCUT2D eigenvalue weighted by Crippen LogP contribution is 2.38. The lowest BCUT2D eigenvalue weighted by Crippen LogP contribution is -2.40. The smallest absolute Gasteiger partial charge is 0.300 e. The van der Waals surface area contributed by atoms with Crippen LogP contribution in [0.25, 0.3) is 0 Å². The number of aliphatic carboxylic acids is 1. The number of piperidine rings is 1. The third kappa shape index (κ3) is 4.35. The van der Waals surface area contributed by atoms with Crippen molar-refractivity contribution in [2.75, 3.05) is 20.1 Å². The molecule has 0 aromatic carbocycles. The van der Waals surface area contributed by atoms with Gasteiger partial charge in [-0.25, -0.2) is 0 Å². The van der Waals surface area contributed by atoms with E-state index in [-0.39, 0.29) is 0 Å². The molecule has 0 amide bonds. The summed E-state index contributed by atoms with van der Waals surface area (Å²) in [5, 5.41) is 7.42. The van der Waals surface area contributed by atoms with Gasteiger partial charge in [-0.1, -0.05) is 12.2 Å². The van der Waals surface area contributed by atoms with Crippen molar-refractivity contribution in [2.24, 2.45) is 5.41 Å². The summed E-state index contributed by atoms with van der Waals surface area (Å²) < 4.78 is 0. The van der Waals surface area contributed by atoms with E-state index in [0.29, 0.717) is 5.41 Å². The highest BCUT2D eigenvalue weighted by Gasteiger charge is 2.32. The van der Waals surface area contributed by atoms with Crippen molar-refractivity contribution in [2.45, 2.75) is 39.0 Å². The van der Waals surface area contributed by atoms with Crippen molar-refractivity contribution >= 4 is 5.97 Å². The zero-order valence-electron chi connectivity index (χ0n) is 10.4. The molecule has 1 aliphatic heterocycles. The van der Waals surface area contributed by atoms with Crippen LogP contribution in [0.4, 0.5) is 0 Å². The second kappa shape index (κ2) is 6.04. The molecule has 1 aliphatic carbocycles. The van der Waals surface area contributed by atoms with Gasteiger partial charge in [0.1, 0.15) is 0 Å². The molecule has 2 aliphatic rings. The Morgan fingerprint density at radius 2 is 2.00 bits per heavy atom. The first-order chi connectivity index (χ1) is 7.54. The van der Waals surface area contributed by atoms with Crippen LogP contribution >= 0.6 is 0 Å².